The number of fused-ring (bicyclic) bond motifs is 4. The van der Waals surface area contributed by atoms with E-state index in [9.17, 15) is 13.2 Å². The van der Waals surface area contributed by atoms with Crippen molar-refractivity contribution in [3.8, 4) is 23.0 Å². The van der Waals surface area contributed by atoms with Crippen molar-refractivity contribution >= 4 is 160 Å². The number of benzene rings is 8. The number of aromatic nitrogens is 8. The van der Waals surface area contributed by atoms with E-state index in [4.69, 9.17) is 77.8 Å². The molecular formula is C109H136N28O11S. The first-order valence-electron chi connectivity index (χ1n) is 51.5. The van der Waals surface area contributed by atoms with Gasteiger partial charge in [-0.15, -0.1) is 0 Å². The zero-order valence-corrected chi connectivity index (χ0v) is 87.3. The SMILES string of the molecule is CNC(=O)c1ccccc1Nc1nc(Nc2ccc(N3CCOCC3)cc2OC)nc2c1C(C)CN2.COc1cc(N2CCOCC2)ccc1Nc1nc2c(c(Nc3ccccc3CNC3CC3)n1)C(C)CN2.COc1cc(N2CCOCC2)ccc1Nc1nc2c(c(Nc3ccccc3CNC3CCC3)n1)C(C)CN2.COc1cc(N2CCOCC2)ccc1Nc1nc2c(c(Nc3ccccc3N(C)S(C)(=O)=O)n1)C(C)CN2. The minimum Gasteiger partial charge on any atom is -0.494 e. The summed E-state index contributed by atoms with van der Waals surface area (Å²) < 4.78 is 70.5. The van der Waals surface area contributed by atoms with Crippen LogP contribution in [0.15, 0.2) is 170 Å². The van der Waals surface area contributed by atoms with Gasteiger partial charge in [0.25, 0.3) is 5.91 Å². The van der Waals surface area contributed by atoms with E-state index in [0.29, 0.717) is 107 Å². The Kier molecular flexibility index (Phi) is 32.7. The molecule has 4 atom stereocenters. The van der Waals surface area contributed by atoms with Gasteiger partial charge in [0.05, 0.1) is 133 Å². The number of amides is 1. The molecular weight excluding hydrogens is 1910 g/mol. The largest absolute Gasteiger partial charge is 0.494 e. The highest BCUT2D eigenvalue weighted by Gasteiger charge is 2.35. The number of rotatable bonds is 33. The smallest absolute Gasteiger partial charge is 0.253 e. The Hall–Kier alpha value is -14.9. The van der Waals surface area contributed by atoms with Gasteiger partial charge in [-0.1, -0.05) is 94.8 Å². The highest BCUT2D eigenvalue weighted by atomic mass is 32.2. The van der Waals surface area contributed by atoms with Crippen molar-refractivity contribution in [2.45, 2.75) is 109 Å². The van der Waals surface area contributed by atoms with Crippen molar-refractivity contribution in [3.63, 3.8) is 0 Å². The van der Waals surface area contributed by atoms with Crippen LogP contribution in [0.5, 0.6) is 23.0 Å². The molecule has 10 aliphatic rings. The van der Waals surface area contributed by atoms with Crippen molar-refractivity contribution in [2.75, 3.05) is 268 Å². The van der Waals surface area contributed by atoms with Gasteiger partial charge in [0.2, 0.25) is 33.8 Å². The van der Waals surface area contributed by atoms with E-state index in [0.717, 1.165) is 257 Å². The van der Waals surface area contributed by atoms with Crippen molar-refractivity contribution < 1.29 is 51.1 Å². The lowest BCUT2D eigenvalue weighted by molar-refractivity contribution is 0.0963. The molecule has 22 rings (SSSR count). The second-order valence-corrected chi connectivity index (χ2v) is 40.6. The fourth-order valence-corrected chi connectivity index (χ4v) is 20.0. The van der Waals surface area contributed by atoms with E-state index in [1.807, 2.05) is 72.8 Å². The Balaban J connectivity index is 0.000000125. The summed E-state index contributed by atoms with van der Waals surface area (Å²) in [4.78, 5) is 60.2. The predicted octanol–water partition coefficient (Wildman–Crippen LogP) is 17.0. The van der Waals surface area contributed by atoms with Crippen LogP contribution in [0.2, 0.25) is 0 Å². The van der Waals surface area contributed by atoms with Gasteiger partial charge in [0.15, 0.2) is 0 Å². The number of hydrogen-bond acceptors (Lipinski definition) is 37. The first-order valence-corrected chi connectivity index (χ1v) is 53.3. The van der Waals surface area contributed by atoms with E-state index in [1.165, 1.54) is 60.8 Å². The number of carbonyl (C=O) groups is 1. The van der Waals surface area contributed by atoms with Crippen molar-refractivity contribution in [1.82, 2.24) is 55.8 Å². The van der Waals surface area contributed by atoms with Gasteiger partial charge in [0.1, 0.15) is 69.5 Å². The maximum absolute atomic E-state index is 12.4. The van der Waals surface area contributed by atoms with E-state index < -0.39 is 10.0 Å². The third-order valence-corrected chi connectivity index (χ3v) is 29.5. The Morgan fingerprint density at radius 2 is 0.658 bits per heavy atom. The number of carbonyl (C=O) groups excluding carboxylic acids is 1. The minimum absolute atomic E-state index is 0.168. The number of nitrogens with zero attached hydrogens (tertiary/aromatic N) is 13. The van der Waals surface area contributed by atoms with Crippen LogP contribution in [0, 0.1) is 0 Å². The number of nitrogens with one attached hydrogen (secondary N) is 15. The van der Waals surface area contributed by atoms with Crippen LogP contribution in [0.25, 0.3) is 0 Å². The highest BCUT2D eigenvalue weighted by molar-refractivity contribution is 7.92. The lowest BCUT2D eigenvalue weighted by atomic mass is 9.93. The number of ether oxygens (including phenoxy) is 8. The molecule has 1 amide bonds. The second-order valence-electron chi connectivity index (χ2n) is 38.5. The summed E-state index contributed by atoms with van der Waals surface area (Å²) in [5, 5.41) is 51.1. The molecule has 12 heterocycles. The lowest BCUT2D eigenvalue weighted by Gasteiger charge is -2.29. The van der Waals surface area contributed by atoms with Crippen LogP contribution in [0.4, 0.5) is 144 Å². The van der Waals surface area contributed by atoms with Crippen molar-refractivity contribution in [1.29, 1.82) is 0 Å². The van der Waals surface area contributed by atoms with Crippen molar-refractivity contribution in [2.24, 2.45) is 0 Å². The fourth-order valence-electron chi connectivity index (χ4n) is 19.5. The minimum atomic E-state index is -3.45. The molecule has 4 aromatic heterocycles. The molecule has 12 aromatic rings. The summed E-state index contributed by atoms with van der Waals surface area (Å²) in [6, 6.07) is 57.2. The van der Waals surface area contributed by atoms with Gasteiger partial charge in [-0.3, -0.25) is 9.10 Å². The quantitative estimate of drug-likeness (QED) is 0.0182. The van der Waals surface area contributed by atoms with Crippen LogP contribution >= 0.6 is 0 Å². The molecule has 39 nitrogen and oxygen atoms in total. The Morgan fingerprint density at radius 1 is 0.369 bits per heavy atom. The normalized spacial score (nSPS) is 17.8. The van der Waals surface area contributed by atoms with Crippen LogP contribution in [-0.4, -0.2) is 246 Å². The topological polar surface area (TPSA) is 425 Å². The molecule has 4 saturated heterocycles. The third-order valence-electron chi connectivity index (χ3n) is 28.3. The van der Waals surface area contributed by atoms with Crippen LogP contribution in [0.1, 0.15) is 127 Å². The average Bonchev–Trinajstić information content (AvgIpc) is 1.68. The maximum Gasteiger partial charge on any atom is 0.253 e. The summed E-state index contributed by atoms with van der Waals surface area (Å²) in [7, 11) is 6.37. The number of morpholine rings is 4. The summed E-state index contributed by atoms with van der Waals surface area (Å²) in [6.07, 6.45) is 7.58. The third kappa shape index (κ3) is 24.7. The lowest BCUT2D eigenvalue weighted by Crippen LogP contribution is -2.36. The number of methoxy groups -OCH3 is 4. The number of sulfonamides is 1. The molecule has 8 aliphatic heterocycles. The molecule has 149 heavy (non-hydrogen) atoms. The van der Waals surface area contributed by atoms with Gasteiger partial charge in [-0.05, 0) is 122 Å². The maximum atomic E-state index is 12.4. The van der Waals surface area contributed by atoms with Crippen molar-refractivity contribution in [3.05, 3.63) is 209 Å². The highest BCUT2D eigenvalue weighted by Crippen LogP contribution is 2.47. The van der Waals surface area contributed by atoms with Crippen LogP contribution in [0.3, 0.4) is 0 Å². The Bertz CT molecular complexity index is 6820. The zero-order chi connectivity index (χ0) is 103. The van der Waals surface area contributed by atoms with E-state index in [1.54, 1.807) is 53.7 Å². The Labute approximate surface area is 870 Å². The summed E-state index contributed by atoms with van der Waals surface area (Å²) in [6.45, 7) is 26.1. The molecule has 2 saturated carbocycles. The zero-order valence-electron chi connectivity index (χ0n) is 86.4. The summed E-state index contributed by atoms with van der Waals surface area (Å²) >= 11 is 0. The molecule has 8 aromatic carbocycles. The van der Waals surface area contributed by atoms with Gasteiger partial charge < -0.3 is 137 Å². The molecule has 2 aliphatic carbocycles. The van der Waals surface area contributed by atoms with E-state index >= 15 is 0 Å². The van der Waals surface area contributed by atoms with Gasteiger partial charge in [0, 0.05) is 222 Å². The van der Waals surface area contributed by atoms with Gasteiger partial charge in [-0.2, -0.15) is 39.9 Å². The number of para-hydroxylation sites is 5. The number of hydrogen-bond donors (Lipinski definition) is 15. The first-order chi connectivity index (χ1) is 72.7. The molecule has 40 heteroatoms. The van der Waals surface area contributed by atoms with E-state index in [-0.39, 0.29) is 17.7 Å². The average molecular weight is 2050 g/mol. The van der Waals surface area contributed by atoms with Gasteiger partial charge in [-0.25, -0.2) is 8.42 Å². The molecule has 6 fully saturated rings. The summed E-state index contributed by atoms with van der Waals surface area (Å²) in [5.74, 6) is 11.7. The number of anilines is 25. The van der Waals surface area contributed by atoms with Crippen LogP contribution in [-0.2, 0) is 42.1 Å². The molecule has 784 valence electrons. The van der Waals surface area contributed by atoms with Crippen LogP contribution < -0.4 is 123 Å². The molecule has 0 bridgehead atoms. The molecule has 0 radical (unpaired) electrons. The monoisotopic (exact) mass is 2050 g/mol. The Morgan fingerprint density at radius 3 is 0.960 bits per heavy atom. The molecule has 15 N–H and O–H groups in total. The first kappa shape index (κ1) is 103. The second kappa shape index (κ2) is 47.5. The predicted molar refractivity (Wildman–Crippen MR) is 593 cm³/mol. The molecule has 4 unspecified atom stereocenters. The van der Waals surface area contributed by atoms with E-state index in [2.05, 4.69) is 206 Å². The fraction of sp³-hybridized carbons (Fsp3) is 0.404. The standard InChI is InChI=1S/C29H37N7O2.C28H35N7O2.C26H33N7O4S.C26H31N7O3/c1-19-17-31-27-26(19)28(32-23-9-4-3-6-20(23)18-30-21-7-5-8-21)35-29(34-27)33-24-11-10-22(16-25(24)37-2)36-12-14-38-15-13-36;1-18-16-30-26-25(18)27(31-22-6-4-3-5-19(22)17-29-20-7-8-20)34-28(33-26)32-23-10-9-21(15-24(23)36-2)35-11-13-37-14-12-35;1-17-16-27-24-23(17)25(28-19-7-5-6-8-21(19)32(2)38(4,34)35)31-26(30-24)29-20-10-9-18(15-22(20)36-3)33-11-13-37-14-12-33;1-16-15-28-23-22(16)24(29-19-7-5-4-6-18(19)25(34)27-2)32-26(31-23)30-20-9-8-17(14-21(20)35-3)33-10-12-36-13-11-33/h3-4,6,9-11,16,19,21,30H,5,7-8,12-15,17-18H2,1-2H3,(H3,31,32,33,34,35);3-6,9-10,15,18,20,29H,7-8,11-14,16-17H2,1-2H3,(H3,30,31,32,33,34);5-10,15,17H,11-14,16H2,1-4H3,(H3,27,28,29,30,31);4-9,14,16H,10-13,15H2,1-3H3,(H,27,34)(H3,28,29,30,31,32). The summed E-state index contributed by atoms with van der Waals surface area (Å²) in [5.41, 5.74) is 18.7. The van der Waals surface area contributed by atoms with Gasteiger partial charge >= 0.3 is 0 Å². The molecule has 0 spiro atoms.